The van der Waals surface area contributed by atoms with E-state index in [0.29, 0.717) is 6.54 Å². The van der Waals surface area contributed by atoms with Crippen LogP contribution in [-0.4, -0.2) is 20.7 Å². The Morgan fingerprint density at radius 2 is 2.00 bits per heavy atom. The van der Waals surface area contributed by atoms with E-state index >= 15 is 0 Å². The Morgan fingerprint density at radius 3 is 2.71 bits per heavy atom. The molecule has 0 bridgehead atoms. The highest BCUT2D eigenvalue weighted by Gasteiger charge is 2.09. The van der Waals surface area contributed by atoms with E-state index in [1.807, 2.05) is 12.1 Å². The number of nitrogens with two attached hydrogens (primary N) is 1. The number of anilines is 1. The lowest BCUT2D eigenvalue weighted by Crippen LogP contribution is -2.19. The van der Waals surface area contributed by atoms with Crippen LogP contribution in [-0.2, 0) is 13.0 Å². The van der Waals surface area contributed by atoms with E-state index in [1.165, 1.54) is 16.8 Å². The minimum atomic E-state index is 0.654. The molecule has 0 heterocycles. The highest BCUT2D eigenvalue weighted by Crippen LogP contribution is 2.26. The number of rotatable bonds is 6. The van der Waals surface area contributed by atoms with Crippen LogP contribution in [0.5, 0.6) is 5.75 Å². The van der Waals surface area contributed by atoms with E-state index in [-0.39, 0.29) is 0 Å². The first-order chi connectivity index (χ1) is 10.1. The molecule has 4 heteroatoms. The van der Waals surface area contributed by atoms with E-state index in [0.717, 1.165) is 23.2 Å². The SMILES string of the molecule is COc1cccc(CN(C)c2cc(Br)ccc2CCN)c1. The van der Waals surface area contributed by atoms with Gasteiger partial charge in [0.15, 0.2) is 0 Å². The van der Waals surface area contributed by atoms with Crippen molar-refractivity contribution in [1.82, 2.24) is 0 Å². The van der Waals surface area contributed by atoms with Gasteiger partial charge in [-0.25, -0.2) is 0 Å². The predicted octanol–water partition coefficient (Wildman–Crippen LogP) is 3.60. The van der Waals surface area contributed by atoms with Gasteiger partial charge in [-0.2, -0.15) is 0 Å². The standard InChI is InChI=1S/C17H21BrN2O/c1-20(12-13-4-3-5-16(10-13)21-2)17-11-15(18)7-6-14(17)8-9-19/h3-7,10-11H,8-9,12,19H2,1-2H3. The molecule has 2 rings (SSSR count). The molecule has 0 aliphatic heterocycles. The molecule has 2 N–H and O–H groups in total. The van der Waals surface area contributed by atoms with Crippen LogP contribution >= 0.6 is 15.9 Å². The summed E-state index contributed by atoms with van der Waals surface area (Å²) in [5, 5.41) is 0. The number of hydrogen-bond acceptors (Lipinski definition) is 3. The number of ether oxygens (including phenoxy) is 1. The van der Waals surface area contributed by atoms with E-state index < -0.39 is 0 Å². The predicted molar refractivity (Wildman–Crippen MR) is 92.0 cm³/mol. The lowest BCUT2D eigenvalue weighted by molar-refractivity contribution is 0.414. The van der Waals surface area contributed by atoms with Crippen molar-refractivity contribution >= 4 is 21.6 Å². The number of nitrogens with zero attached hydrogens (tertiary/aromatic N) is 1. The highest BCUT2D eigenvalue weighted by atomic mass is 79.9. The van der Waals surface area contributed by atoms with Crippen molar-refractivity contribution in [3.05, 3.63) is 58.1 Å². The Labute approximate surface area is 134 Å². The maximum absolute atomic E-state index is 5.71. The van der Waals surface area contributed by atoms with Gasteiger partial charge in [0, 0.05) is 23.8 Å². The van der Waals surface area contributed by atoms with Gasteiger partial charge in [-0.3, -0.25) is 0 Å². The number of benzene rings is 2. The summed E-state index contributed by atoms with van der Waals surface area (Å²) in [6.07, 6.45) is 0.880. The van der Waals surface area contributed by atoms with Crippen LogP contribution < -0.4 is 15.4 Å². The second kappa shape index (κ2) is 7.48. The van der Waals surface area contributed by atoms with Crippen molar-refractivity contribution in [2.75, 3.05) is 25.6 Å². The first kappa shape index (κ1) is 15.9. The van der Waals surface area contributed by atoms with Gasteiger partial charge in [0.2, 0.25) is 0 Å². The van der Waals surface area contributed by atoms with Gasteiger partial charge < -0.3 is 15.4 Å². The van der Waals surface area contributed by atoms with Crippen LogP contribution in [0.3, 0.4) is 0 Å². The second-order valence-electron chi connectivity index (χ2n) is 5.02. The van der Waals surface area contributed by atoms with Gasteiger partial charge in [0.05, 0.1) is 7.11 Å². The molecule has 0 saturated carbocycles. The Kier molecular flexibility index (Phi) is 5.65. The molecule has 0 unspecified atom stereocenters. The molecule has 0 aliphatic rings. The van der Waals surface area contributed by atoms with Crippen LogP contribution in [0.15, 0.2) is 46.9 Å². The lowest BCUT2D eigenvalue weighted by atomic mass is 10.1. The van der Waals surface area contributed by atoms with E-state index in [2.05, 4.69) is 58.2 Å². The van der Waals surface area contributed by atoms with Crippen LogP contribution in [0.25, 0.3) is 0 Å². The van der Waals surface area contributed by atoms with Crippen LogP contribution in [0.2, 0.25) is 0 Å². The van der Waals surface area contributed by atoms with Crippen LogP contribution in [0, 0.1) is 0 Å². The summed E-state index contributed by atoms with van der Waals surface area (Å²) in [5.74, 6) is 0.886. The molecular weight excluding hydrogens is 328 g/mol. The van der Waals surface area contributed by atoms with Gasteiger partial charge in [-0.05, 0) is 48.4 Å². The third kappa shape index (κ3) is 4.22. The molecule has 0 spiro atoms. The molecule has 0 fully saturated rings. The zero-order valence-corrected chi connectivity index (χ0v) is 14.1. The fourth-order valence-electron chi connectivity index (χ4n) is 2.39. The van der Waals surface area contributed by atoms with E-state index in [4.69, 9.17) is 10.5 Å². The minimum absolute atomic E-state index is 0.654. The molecule has 3 nitrogen and oxygen atoms in total. The normalized spacial score (nSPS) is 10.5. The molecule has 0 atom stereocenters. The maximum atomic E-state index is 5.71. The van der Waals surface area contributed by atoms with Crippen molar-refractivity contribution in [2.24, 2.45) is 5.73 Å². The van der Waals surface area contributed by atoms with Gasteiger partial charge in [-0.15, -0.1) is 0 Å². The average Bonchev–Trinajstić information content (AvgIpc) is 2.49. The summed E-state index contributed by atoms with van der Waals surface area (Å²) in [6.45, 7) is 1.48. The smallest absolute Gasteiger partial charge is 0.119 e. The van der Waals surface area contributed by atoms with E-state index in [1.54, 1.807) is 7.11 Å². The summed E-state index contributed by atoms with van der Waals surface area (Å²) in [7, 11) is 3.79. The monoisotopic (exact) mass is 348 g/mol. The quantitative estimate of drug-likeness (QED) is 0.866. The fraction of sp³-hybridized carbons (Fsp3) is 0.294. The van der Waals surface area contributed by atoms with Crippen molar-refractivity contribution in [2.45, 2.75) is 13.0 Å². The Morgan fingerprint density at radius 1 is 1.19 bits per heavy atom. The zero-order chi connectivity index (χ0) is 15.2. The molecule has 112 valence electrons. The second-order valence-corrected chi connectivity index (χ2v) is 5.93. The number of methoxy groups -OCH3 is 1. The van der Waals surface area contributed by atoms with Crippen LogP contribution in [0.1, 0.15) is 11.1 Å². The van der Waals surface area contributed by atoms with Gasteiger partial charge >= 0.3 is 0 Å². The lowest BCUT2D eigenvalue weighted by Gasteiger charge is -2.23. The zero-order valence-electron chi connectivity index (χ0n) is 12.5. The first-order valence-electron chi connectivity index (χ1n) is 6.96. The Bertz CT molecular complexity index is 601. The molecule has 0 aromatic heterocycles. The maximum Gasteiger partial charge on any atom is 0.119 e. The third-order valence-electron chi connectivity index (χ3n) is 3.43. The molecule has 2 aromatic carbocycles. The van der Waals surface area contributed by atoms with Crippen molar-refractivity contribution < 1.29 is 4.74 Å². The summed E-state index contributed by atoms with van der Waals surface area (Å²) < 4.78 is 6.36. The average molecular weight is 349 g/mol. The fourth-order valence-corrected chi connectivity index (χ4v) is 2.74. The van der Waals surface area contributed by atoms with Gasteiger partial charge in [0.1, 0.15) is 5.75 Å². The van der Waals surface area contributed by atoms with Crippen molar-refractivity contribution in [1.29, 1.82) is 0 Å². The molecule has 2 aromatic rings. The molecular formula is C17H21BrN2O. The topological polar surface area (TPSA) is 38.5 Å². The Hall–Kier alpha value is -1.52. The highest BCUT2D eigenvalue weighted by molar-refractivity contribution is 9.10. The largest absolute Gasteiger partial charge is 0.497 e. The number of hydrogen-bond donors (Lipinski definition) is 1. The molecule has 0 aliphatic carbocycles. The van der Waals surface area contributed by atoms with Crippen LogP contribution in [0.4, 0.5) is 5.69 Å². The number of halogens is 1. The molecule has 21 heavy (non-hydrogen) atoms. The van der Waals surface area contributed by atoms with Crippen molar-refractivity contribution in [3.63, 3.8) is 0 Å². The Balaban J connectivity index is 2.22. The molecule has 0 radical (unpaired) electrons. The summed E-state index contributed by atoms with van der Waals surface area (Å²) in [5.41, 5.74) is 9.41. The summed E-state index contributed by atoms with van der Waals surface area (Å²) >= 11 is 3.55. The molecule has 0 saturated heterocycles. The van der Waals surface area contributed by atoms with Gasteiger partial charge in [-0.1, -0.05) is 34.1 Å². The third-order valence-corrected chi connectivity index (χ3v) is 3.92. The van der Waals surface area contributed by atoms with Gasteiger partial charge in [0.25, 0.3) is 0 Å². The summed E-state index contributed by atoms with van der Waals surface area (Å²) in [4.78, 5) is 2.24. The summed E-state index contributed by atoms with van der Waals surface area (Å²) in [6, 6.07) is 14.5. The van der Waals surface area contributed by atoms with E-state index in [9.17, 15) is 0 Å². The van der Waals surface area contributed by atoms with Crippen molar-refractivity contribution in [3.8, 4) is 5.75 Å². The minimum Gasteiger partial charge on any atom is -0.497 e. The first-order valence-corrected chi connectivity index (χ1v) is 7.76. The molecule has 0 amide bonds.